The number of fused-ring (bicyclic) bond motifs is 5. The monoisotopic (exact) mass is 914 g/mol. The molecule has 1 saturated carbocycles. The van der Waals surface area contributed by atoms with Crippen molar-refractivity contribution < 1.29 is 49.8 Å². The largest absolute Gasteiger partial charge is 0.382 e. The Balaban J connectivity index is 1.32. The minimum absolute atomic E-state index is 0.00375. The third kappa shape index (κ3) is 6.14. The standard InChI is InChI=1S/C35H26BrClF6N8O6S/c1-49-27-22(6-5-19(37)24(27)30(47-49)48-58(2,56)57)51-31(45-20-10-15(36)3-4-18(20)32(51)53)21(9-14-7-16(38)11-17(39)8-14)44-23(52)12-50-28-25(26(46-50)29(40)41)33(54)13-34(33,55)35(28,42)43/h3-8,10-11,21,29,54-55H,9,12-13H2,1-2H3,(H,44,52)(H,47,48)/t21-,33+,34+/m0/s1. The highest BCUT2D eigenvalue weighted by molar-refractivity contribution is 9.10. The molecule has 14 nitrogen and oxygen atoms in total. The molecule has 4 N–H and O–H groups in total. The summed E-state index contributed by atoms with van der Waals surface area (Å²) in [5, 5.41) is 31.7. The number of carbonyl (C=O) groups excluding carboxylic acids is 1. The first-order valence-electron chi connectivity index (χ1n) is 16.9. The molecule has 1 fully saturated rings. The summed E-state index contributed by atoms with van der Waals surface area (Å²) in [6, 6.07) is 7.99. The van der Waals surface area contributed by atoms with Crippen LogP contribution in [-0.2, 0) is 46.4 Å². The molecule has 1 amide bonds. The van der Waals surface area contributed by atoms with Gasteiger partial charge in [-0.1, -0.05) is 27.5 Å². The molecular formula is C35H26BrClF6N8O6S. The summed E-state index contributed by atoms with van der Waals surface area (Å²) < 4.78 is 118. The Labute approximate surface area is 335 Å². The Kier molecular flexibility index (Phi) is 9.08. The molecule has 23 heteroatoms. The first kappa shape index (κ1) is 39.8. The predicted octanol–water partition coefficient (Wildman–Crippen LogP) is 5.00. The molecule has 3 aromatic carbocycles. The maximum absolute atomic E-state index is 15.6. The number of rotatable bonds is 10. The van der Waals surface area contributed by atoms with Gasteiger partial charge in [0.05, 0.1) is 44.8 Å². The minimum Gasteiger partial charge on any atom is -0.382 e. The molecule has 2 aliphatic carbocycles. The summed E-state index contributed by atoms with van der Waals surface area (Å²) in [5.74, 6) is -8.09. The number of nitrogens with one attached hydrogen (secondary N) is 2. The molecule has 6 aromatic rings. The van der Waals surface area contributed by atoms with Crippen molar-refractivity contribution in [2.75, 3.05) is 11.0 Å². The zero-order chi connectivity index (χ0) is 42.0. The van der Waals surface area contributed by atoms with Gasteiger partial charge in [-0.25, -0.2) is 31.0 Å². The maximum atomic E-state index is 15.6. The Bertz CT molecular complexity index is 2930. The number of sulfonamides is 1. The lowest BCUT2D eigenvalue weighted by Gasteiger charge is -2.24. The van der Waals surface area contributed by atoms with E-state index in [1.54, 1.807) is 6.07 Å². The van der Waals surface area contributed by atoms with E-state index in [2.05, 4.69) is 36.2 Å². The number of nitrogens with zero attached hydrogens (tertiary/aromatic N) is 6. The first-order valence-corrected chi connectivity index (χ1v) is 19.9. The van der Waals surface area contributed by atoms with Gasteiger partial charge in [0.25, 0.3) is 12.0 Å². The minimum atomic E-state index is -4.32. The van der Waals surface area contributed by atoms with Crippen molar-refractivity contribution in [2.45, 2.75) is 49.0 Å². The fourth-order valence-electron chi connectivity index (χ4n) is 7.64. The number of hydrogen-bond donors (Lipinski definition) is 4. The SMILES string of the molecule is Cn1nc(NS(C)(=O)=O)c2c(Cl)ccc(-n3c([C@H](Cc4cc(F)cc(F)c4)NC(=O)Cn4nc(C(F)F)c5c4C(F)(F)[C@@]4(O)C[C@@]54O)nc4cc(Br)ccc4c3=O)c21. The van der Waals surface area contributed by atoms with Crippen molar-refractivity contribution in [1.29, 1.82) is 0 Å². The molecule has 0 radical (unpaired) electrons. The highest BCUT2D eigenvalue weighted by Crippen LogP contribution is 2.73. The van der Waals surface area contributed by atoms with Crippen molar-refractivity contribution in [2.24, 2.45) is 7.05 Å². The second kappa shape index (κ2) is 13.2. The van der Waals surface area contributed by atoms with Gasteiger partial charge in [-0.3, -0.25) is 28.2 Å². The van der Waals surface area contributed by atoms with E-state index in [1.165, 1.54) is 36.0 Å². The van der Waals surface area contributed by atoms with Crippen LogP contribution in [0.25, 0.3) is 27.5 Å². The lowest BCUT2D eigenvalue weighted by molar-refractivity contribution is -0.156. The highest BCUT2D eigenvalue weighted by atomic mass is 79.9. The van der Waals surface area contributed by atoms with E-state index in [9.17, 15) is 45.8 Å². The number of carbonyl (C=O) groups is 1. The lowest BCUT2D eigenvalue weighted by atomic mass is 10.0. The molecule has 3 atom stereocenters. The summed E-state index contributed by atoms with van der Waals surface area (Å²) >= 11 is 9.87. The van der Waals surface area contributed by atoms with Crippen LogP contribution in [0.2, 0.25) is 5.02 Å². The summed E-state index contributed by atoms with van der Waals surface area (Å²) in [5.41, 5.74) is -10.2. The molecule has 8 rings (SSSR count). The average Bonchev–Trinajstić information content (AvgIpc) is 3.31. The molecule has 304 valence electrons. The van der Waals surface area contributed by atoms with Crippen LogP contribution in [0.3, 0.4) is 0 Å². The average molecular weight is 916 g/mol. The third-order valence-corrected chi connectivity index (χ3v) is 11.5. The quantitative estimate of drug-likeness (QED) is 0.137. The first-order chi connectivity index (χ1) is 27.0. The maximum Gasteiger partial charge on any atom is 0.321 e. The number of amides is 1. The van der Waals surface area contributed by atoms with E-state index in [0.717, 1.165) is 23.0 Å². The van der Waals surface area contributed by atoms with E-state index in [1.807, 2.05) is 0 Å². The van der Waals surface area contributed by atoms with Gasteiger partial charge in [-0.05, 0) is 48.0 Å². The highest BCUT2D eigenvalue weighted by Gasteiger charge is 2.87. The topological polar surface area (TPSA) is 186 Å². The Morgan fingerprint density at radius 1 is 1.07 bits per heavy atom. The van der Waals surface area contributed by atoms with Gasteiger partial charge in [0.15, 0.2) is 11.4 Å². The van der Waals surface area contributed by atoms with E-state index in [0.29, 0.717) is 10.5 Å². The molecule has 0 saturated heterocycles. The number of alkyl halides is 4. The van der Waals surface area contributed by atoms with Crippen LogP contribution in [0, 0.1) is 11.6 Å². The zero-order valence-electron chi connectivity index (χ0n) is 29.5. The fraction of sp³-hybridized carbons (Fsp3) is 0.286. The van der Waals surface area contributed by atoms with Crippen LogP contribution in [0.5, 0.6) is 0 Å². The van der Waals surface area contributed by atoms with Gasteiger partial charge < -0.3 is 15.5 Å². The van der Waals surface area contributed by atoms with Gasteiger partial charge in [-0.15, -0.1) is 0 Å². The van der Waals surface area contributed by atoms with E-state index >= 15 is 8.78 Å². The van der Waals surface area contributed by atoms with Crippen molar-refractivity contribution >= 4 is 71.1 Å². The van der Waals surface area contributed by atoms with Crippen molar-refractivity contribution in [3.05, 3.63) is 108 Å². The summed E-state index contributed by atoms with van der Waals surface area (Å²) in [4.78, 5) is 33.3. The van der Waals surface area contributed by atoms with E-state index in [-0.39, 0.29) is 54.4 Å². The smallest absolute Gasteiger partial charge is 0.321 e. The molecule has 2 aliphatic rings. The predicted molar refractivity (Wildman–Crippen MR) is 198 cm³/mol. The normalized spacial score (nSPS) is 20.1. The molecule has 0 spiro atoms. The molecule has 58 heavy (non-hydrogen) atoms. The van der Waals surface area contributed by atoms with Crippen LogP contribution in [0.4, 0.5) is 32.2 Å². The zero-order valence-corrected chi connectivity index (χ0v) is 32.7. The summed E-state index contributed by atoms with van der Waals surface area (Å²) in [7, 11) is -2.50. The van der Waals surface area contributed by atoms with Crippen molar-refractivity contribution in [3.8, 4) is 5.69 Å². The van der Waals surface area contributed by atoms with E-state index in [4.69, 9.17) is 16.6 Å². The molecule has 3 heterocycles. The van der Waals surface area contributed by atoms with Gasteiger partial charge in [-0.2, -0.15) is 19.0 Å². The van der Waals surface area contributed by atoms with E-state index < -0.39 is 99.1 Å². The number of benzene rings is 3. The van der Waals surface area contributed by atoms with Crippen LogP contribution in [0.1, 0.15) is 47.2 Å². The second-order valence-corrected chi connectivity index (χ2v) is 17.1. The van der Waals surface area contributed by atoms with Crippen LogP contribution in [0.15, 0.2) is 57.8 Å². The van der Waals surface area contributed by atoms with Crippen LogP contribution >= 0.6 is 27.5 Å². The number of aryl methyl sites for hydroxylation is 1. The third-order valence-electron chi connectivity index (χ3n) is 10.1. The van der Waals surface area contributed by atoms with Gasteiger partial charge in [0, 0.05) is 36.0 Å². The number of halogens is 8. The summed E-state index contributed by atoms with van der Waals surface area (Å²) in [6.45, 7) is -1.21. The van der Waals surface area contributed by atoms with Crippen LogP contribution in [-0.4, -0.2) is 65.5 Å². The Morgan fingerprint density at radius 2 is 1.76 bits per heavy atom. The van der Waals surface area contributed by atoms with Gasteiger partial charge in [0.2, 0.25) is 15.9 Å². The van der Waals surface area contributed by atoms with Crippen molar-refractivity contribution in [3.63, 3.8) is 0 Å². The number of aromatic nitrogens is 6. The number of aliphatic hydroxyl groups is 2. The van der Waals surface area contributed by atoms with Gasteiger partial charge in [0.1, 0.15) is 41.0 Å². The number of hydrogen-bond acceptors (Lipinski definition) is 9. The second-order valence-electron chi connectivity index (χ2n) is 14.0. The lowest BCUT2D eigenvalue weighted by Crippen LogP contribution is -2.39. The van der Waals surface area contributed by atoms with Gasteiger partial charge >= 0.3 is 5.92 Å². The molecular weight excluding hydrogens is 890 g/mol. The molecule has 0 unspecified atom stereocenters. The molecule has 0 aliphatic heterocycles. The Hall–Kier alpha value is -5.03. The summed E-state index contributed by atoms with van der Waals surface area (Å²) in [6.07, 6.45) is -4.10. The van der Waals surface area contributed by atoms with Crippen molar-refractivity contribution in [1.82, 2.24) is 34.4 Å². The Morgan fingerprint density at radius 3 is 2.41 bits per heavy atom. The molecule has 0 bridgehead atoms. The molecule has 3 aromatic heterocycles. The fourth-order valence-corrected chi connectivity index (χ4v) is 8.72. The number of anilines is 1. The van der Waals surface area contributed by atoms with Crippen LogP contribution < -0.4 is 15.6 Å².